The van der Waals surface area contributed by atoms with E-state index in [1.807, 2.05) is 36.6 Å². The van der Waals surface area contributed by atoms with Gasteiger partial charge in [-0.2, -0.15) is 0 Å². The van der Waals surface area contributed by atoms with Gasteiger partial charge in [0, 0.05) is 22.0 Å². The summed E-state index contributed by atoms with van der Waals surface area (Å²) < 4.78 is 16.3. The van der Waals surface area contributed by atoms with Crippen LogP contribution in [0.25, 0.3) is 17.2 Å². The van der Waals surface area contributed by atoms with Crippen LogP contribution in [-0.2, 0) is 9.53 Å². The number of methoxy groups -OCH3 is 1. The summed E-state index contributed by atoms with van der Waals surface area (Å²) in [6.07, 6.45) is 3.96. The first kappa shape index (κ1) is 25.3. The molecule has 0 aliphatic carbocycles. The highest BCUT2D eigenvalue weighted by atomic mass is 35.5. The Morgan fingerprint density at radius 3 is 2.53 bits per heavy atom. The van der Waals surface area contributed by atoms with Crippen LogP contribution in [0.2, 0.25) is 5.02 Å². The molecular weight excluding hydrogens is 474 g/mol. The number of carbonyl (C=O) groups excluding carboxylic acids is 2. The van der Waals surface area contributed by atoms with Crippen LogP contribution in [0.1, 0.15) is 36.2 Å². The zero-order valence-electron chi connectivity index (χ0n) is 19.2. The zero-order chi connectivity index (χ0) is 24.5. The first-order valence-electron chi connectivity index (χ1n) is 10.8. The number of hydrogen-bond acceptors (Lipinski definition) is 6. The molecule has 3 rings (SSSR count). The summed E-state index contributed by atoms with van der Waals surface area (Å²) in [5.74, 6) is 0.366. The summed E-state index contributed by atoms with van der Waals surface area (Å²) in [5.41, 5.74) is 2.56. The van der Waals surface area contributed by atoms with E-state index in [1.165, 1.54) is 17.4 Å². The van der Waals surface area contributed by atoms with Crippen LogP contribution in [0.5, 0.6) is 11.5 Å². The third-order valence-electron chi connectivity index (χ3n) is 4.74. The number of thiophene rings is 1. The standard InChI is InChI=1S/C26H26ClNO5S/c1-4-14-33-21-12-6-17(15-22(21)31-3)7-13-23(29)28-25-24(26(30)32-5-2)20(16-34-25)18-8-10-19(27)11-9-18/h6-13,15-16H,4-5,14H2,1-3H3,(H,28,29). The lowest BCUT2D eigenvalue weighted by molar-refractivity contribution is -0.111. The molecule has 0 aliphatic rings. The molecule has 1 heterocycles. The second-order valence-corrected chi connectivity index (χ2v) is 8.48. The van der Waals surface area contributed by atoms with Gasteiger partial charge in [-0.25, -0.2) is 4.79 Å². The van der Waals surface area contributed by atoms with Gasteiger partial charge in [0.25, 0.3) is 0 Å². The van der Waals surface area contributed by atoms with Gasteiger partial charge < -0.3 is 19.5 Å². The molecule has 0 fully saturated rings. The largest absolute Gasteiger partial charge is 0.493 e. The van der Waals surface area contributed by atoms with Crippen molar-refractivity contribution in [1.29, 1.82) is 0 Å². The third kappa shape index (κ3) is 6.40. The fourth-order valence-electron chi connectivity index (χ4n) is 3.14. The van der Waals surface area contributed by atoms with E-state index >= 15 is 0 Å². The Labute approximate surface area is 208 Å². The highest BCUT2D eigenvalue weighted by Crippen LogP contribution is 2.37. The second-order valence-electron chi connectivity index (χ2n) is 7.16. The maximum atomic E-state index is 12.7. The summed E-state index contributed by atoms with van der Waals surface area (Å²) in [6.45, 7) is 4.58. The van der Waals surface area contributed by atoms with Gasteiger partial charge in [0.2, 0.25) is 5.91 Å². The van der Waals surface area contributed by atoms with Crippen LogP contribution in [0, 0.1) is 0 Å². The molecule has 1 aromatic heterocycles. The zero-order valence-corrected chi connectivity index (χ0v) is 20.8. The summed E-state index contributed by atoms with van der Waals surface area (Å²) in [6, 6.07) is 12.6. The number of carbonyl (C=O) groups is 2. The number of anilines is 1. The quantitative estimate of drug-likeness (QED) is 0.248. The van der Waals surface area contributed by atoms with Crippen LogP contribution in [0.3, 0.4) is 0 Å². The van der Waals surface area contributed by atoms with E-state index in [2.05, 4.69) is 5.32 Å². The SMILES string of the molecule is CCCOc1ccc(C=CC(=O)Nc2scc(-c3ccc(Cl)cc3)c2C(=O)OCC)cc1OC. The predicted octanol–water partition coefficient (Wildman–Crippen LogP) is 6.69. The van der Waals surface area contributed by atoms with Crippen LogP contribution in [0.15, 0.2) is 53.9 Å². The van der Waals surface area contributed by atoms with E-state index in [1.54, 1.807) is 38.3 Å². The molecule has 0 bridgehead atoms. The number of hydrogen-bond donors (Lipinski definition) is 1. The molecular formula is C26H26ClNO5S. The Hall–Kier alpha value is -3.29. The molecule has 1 amide bonds. The fourth-order valence-corrected chi connectivity index (χ4v) is 4.23. The first-order chi connectivity index (χ1) is 16.5. The Balaban J connectivity index is 1.81. The summed E-state index contributed by atoms with van der Waals surface area (Å²) in [5, 5.41) is 5.62. The molecule has 0 aliphatic heterocycles. The van der Waals surface area contributed by atoms with Crippen LogP contribution >= 0.6 is 22.9 Å². The van der Waals surface area contributed by atoms with Crippen molar-refractivity contribution >= 4 is 45.9 Å². The minimum absolute atomic E-state index is 0.224. The molecule has 8 heteroatoms. The molecule has 0 spiro atoms. The molecule has 0 atom stereocenters. The Bertz CT molecular complexity index is 1170. The average Bonchev–Trinajstić information content (AvgIpc) is 3.25. The Morgan fingerprint density at radius 1 is 1.09 bits per heavy atom. The molecule has 6 nitrogen and oxygen atoms in total. The monoisotopic (exact) mass is 499 g/mol. The minimum atomic E-state index is -0.500. The maximum absolute atomic E-state index is 12.7. The molecule has 178 valence electrons. The molecule has 0 saturated heterocycles. The number of benzene rings is 2. The molecule has 2 aromatic carbocycles. The van der Waals surface area contributed by atoms with E-state index in [0.29, 0.717) is 39.3 Å². The summed E-state index contributed by atoms with van der Waals surface area (Å²) in [7, 11) is 1.57. The van der Waals surface area contributed by atoms with Gasteiger partial charge in [-0.05, 0) is 54.8 Å². The van der Waals surface area contributed by atoms with Gasteiger partial charge >= 0.3 is 5.97 Å². The fraction of sp³-hybridized carbons (Fsp3) is 0.231. The lowest BCUT2D eigenvalue weighted by Gasteiger charge is -2.10. The molecule has 34 heavy (non-hydrogen) atoms. The van der Waals surface area contributed by atoms with E-state index in [9.17, 15) is 9.59 Å². The molecule has 0 radical (unpaired) electrons. The minimum Gasteiger partial charge on any atom is -0.493 e. The topological polar surface area (TPSA) is 73.9 Å². The van der Waals surface area contributed by atoms with Gasteiger partial charge in [0.15, 0.2) is 11.5 Å². The molecule has 1 N–H and O–H groups in total. The summed E-state index contributed by atoms with van der Waals surface area (Å²) >= 11 is 7.25. The number of nitrogens with one attached hydrogen (secondary N) is 1. The van der Waals surface area contributed by atoms with E-state index in [4.69, 9.17) is 25.8 Å². The normalized spacial score (nSPS) is 10.8. The van der Waals surface area contributed by atoms with Crippen molar-refractivity contribution in [3.63, 3.8) is 0 Å². The van der Waals surface area contributed by atoms with Crippen molar-refractivity contribution in [3.05, 3.63) is 70.1 Å². The van der Waals surface area contributed by atoms with Crippen molar-refractivity contribution < 1.29 is 23.8 Å². The van der Waals surface area contributed by atoms with Gasteiger partial charge in [0.1, 0.15) is 10.6 Å². The number of ether oxygens (including phenoxy) is 3. The van der Waals surface area contributed by atoms with Crippen LogP contribution in [0.4, 0.5) is 5.00 Å². The number of amides is 1. The molecule has 0 unspecified atom stereocenters. The van der Waals surface area contributed by atoms with Gasteiger partial charge in [0.05, 0.1) is 20.3 Å². The van der Waals surface area contributed by atoms with Crippen LogP contribution < -0.4 is 14.8 Å². The second kappa shape index (κ2) is 12.3. The number of rotatable bonds is 10. The first-order valence-corrected chi connectivity index (χ1v) is 12.1. The average molecular weight is 500 g/mol. The highest BCUT2D eigenvalue weighted by molar-refractivity contribution is 7.15. The lowest BCUT2D eigenvalue weighted by Crippen LogP contribution is -2.12. The van der Waals surface area contributed by atoms with E-state index in [0.717, 1.165) is 17.5 Å². The maximum Gasteiger partial charge on any atom is 0.341 e. The Morgan fingerprint density at radius 2 is 1.85 bits per heavy atom. The number of halogens is 1. The highest BCUT2D eigenvalue weighted by Gasteiger charge is 2.22. The van der Waals surface area contributed by atoms with Crippen molar-refractivity contribution in [2.75, 3.05) is 25.6 Å². The lowest BCUT2D eigenvalue weighted by atomic mass is 10.0. The molecule has 0 saturated carbocycles. The van der Waals surface area contributed by atoms with Crippen molar-refractivity contribution in [2.24, 2.45) is 0 Å². The number of esters is 1. The van der Waals surface area contributed by atoms with Crippen molar-refractivity contribution in [1.82, 2.24) is 0 Å². The third-order valence-corrected chi connectivity index (χ3v) is 5.89. The van der Waals surface area contributed by atoms with E-state index < -0.39 is 5.97 Å². The van der Waals surface area contributed by atoms with E-state index in [-0.39, 0.29) is 12.5 Å². The Kier molecular flexibility index (Phi) is 9.13. The van der Waals surface area contributed by atoms with Crippen molar-refractivity contribution in [2.45, 2.75) is 20.3 Å². The van der Waals surface area contributed by atoms with Crippen molar-refractivity contribution in [3.8, 4) is 22.6 Å². The summed E-state index contributed by atoms with van der Waals surface area (Å²) in [4.78, 5) is 25.3. The van der Waals surface area contributed by atoms with Gasteiger partial charge in [-0.15, -0.1) is 11.3 Å². The van der Waals surface area contributed by atoms with Gasteiger partial charge in [-0.3, -0.25) is 4.79 Å². The predicted molar refractivity (Wildman–Crippen MR) is 137 cm³/mol. The van der Waals surface area contributed by atoms with Crippen LogP contribution in [-0.4, -0.2) is 32.2 Å². The smallest absolute Gasteiger partial charge is 0.341 e. The van der Waals surface area contributed by atoms with Gasteiger partial charge in [-0.1, -0.05) is 36.7 Å². The molecule has 3 aromatic rings.